The van der Waals surface area contributed by atoms with Gasteiger partial charge in [0, 0.05) is 12.1 Å². The Morgan fingerprint density at radius 3 is 2.72 bits per heavy atom. The number of non-ortho nitro benzene ring substituents is 1. The smallest absolute Gasteiger partial charge is 0.411 e. The van der Waals surface area contributed by atoms with Crippen molar-refractivity contribution in [3.8, 4) is 0 Å². The zero-order chi connectivity index (χ0) is 18.2. The molecule has 25 heavy (non-hydrogen) atoms. The number of carbonyl (C=O) groups excluding carboxylic acids is 1. The van der Waals surface area contributed by atoms with Crippen LogP contribution in [0.1, 0.15) is 18.2 Å². The van der Waals surface area contributed by atoms with E-state index in [2.05, 4.69) is 25.8 Å². The molecule has 1 aromatic heterocycles. The third-order valence-electron chi connectivity index (χ3n) is 3.03. The predicted molar refractivity (Wildman–Crippen MR) is 91.7 cm³/mol. The zero-order valence-corrected chi connectivity index (χ0v) is 13.6. The number of hydrogen-bond acceptors (Lipinski definition) is 8. The van der Waals surface area contributed by atoms with E-state index < -0.39 is 11.0 Å². The molecule has 1 heterocycles. The van der Waals surface area contributed by atoms with Gasteiger partial charge in [-0.15, -0.1) is 0 Å². The summed E-state index contributed by atoms with van der Waals surface area (Å²) < 4.78 is 4.83. The molecule has 0 saturated carbocycles. The lowest BCUT2D eigenvalue weighted by atomic mass is 10.2. The zero-order valence-electron chi connectivity index (χ0n) is 13.6. The molecule has 0 bridgehead atoms. The predicted octanol–water partition coefficient (Wildman–Crippen LogP) is 2.71. The van der Waals surface area contributed by atoms with Gasteiger partial charge in [-0.1, -0.05) is 0 Å². The van der Waals surface area contributed by atoms with Crippen molar-refractivity contribution in [2.24, 2.45) is 5.10 Å². The summed E-state index contributed by atoms with van der Waals surface area (Å²) in [6, 6.07) is 5.88. The van der Waals surface area contributed by atoms with Crippen molar-refractivity contribution in [2.45, 2.75) is 13.8 Å². The number of nitro groups is 1. The van der Waals surface area contributed by atoms with Gasteiger partial charge < -0.3 is 4.74 Å². The molecule has 0 aliphatic carbocycles. The van der Waals surface area contributed by atoms with Crippen molar-refractivity contribution in [3.05, 3.63) is 52.0 Å². The second-order valence-corrected chi connectivity index (χ2v) is 4.75. The third-order valence-corrected chi connectivity index (χ3v) is 3.03. The van der Waals surface area contributed by atoms with Crippen LogP contribution in [0.4, 0.5) is 22.0 Å². The Bertz CT molecular complexity index is 791. The first-order valence-corrected chi connectivity index (χ1v) is 7.30. The summed E-state index contributed by atoms with van der Waals surface area (Å²) in [7, 11) is 0. The summed E-state index contributed by atoms with van der Waals surface area (Å²) in [5.41, 5.74) is 4.24. The van der Waals surface area contributed by atoms with Gasteiger partial charge in [-0.05, 0) is 31.5 Å². The maximum atomic E-state index is 11.6. The van der Waals surface area contributed by atoms with Gasteiger partial charge in [-0.3, -0.25) is 20.9 Å². The lowest BCUT2D eigenvalue weighted by molar-refractivity contribution is -0.384. The van der Waals surface area contributed by atoms with Crippen molar-refractivity contribution in [1.82, 2.24) is 9.97 Å². The van der Waals surface area contributed by atoms with Gasteiger partial charge in [-0.2, -0.15) is 5.10 Å². The maximum absolute atomic E-state index is 11.6. The van der Waals surface area contributed by atoms with Crippen molar-refractivity contribution < 1.29 is 14.5 Å². The Kier molecular flexibility index (Phi) is 5.93. The molecule has 130 valence electrons. The highest BCUT2D eigenvalue weighted by molar-refractivity contribution is 5.89. The molecule has 2 aromatic rings. The molecule has 2 rings (SSSR count). The number of anilines is 2. The Morgan fingerprint density at radius 2 is 2.08 bits per heavy atom. The highest BCUT2D eigenvalue weighted by Crippen LogP contribution is 2.21. The van der Waals surface area contributed by atoms with Crippen LogP contribution in [0.5, 0.6) is 0 Å². The van der Waals surface area contributed by atoms with E-state index >= 15 is 0 Å². The van der Waals surface area contributed by atoms with Crippen LogP contribution in [0.25, 0.3) is 0 Å². The first-order chi connectivity index (χ1) is 12.0. The number of benzene rings is 1. The summed E-state index contributed by atoms with van der Waals surface area (Å²) in [5.74, 6) is 0.290. The maximum Gasteiger partial charge on any atom is 0.411 e. The van der Waals surface area contributed by atoms with Crippen LogP contribution in [0.2, 0.25) is 0 Å². The summed E-state index contributed by atoms with van der Waals surface area (Å²) in [6.45, 7) is 3.63. The summed E-state index contributed by atoms with van der Waals surface area (Å²) in [4.78, 5) is 29.8. The second-order valence-electron chi connectivity index (χ2n) is 4.75. The quantitative estimate of drug-likeness (QED) is 0.468. The van der Waals surface area contributed by atoms with E-state index in [0.29, 0.717) is 22.8 Å². The van der Waals surface area contributed by atoms with Crippen LogP contribution in [0.3, 0.4) is 0 Å². The van der Waals surface area contributed by atoms with E-state index in [4.69, 9.17) is 4.74 Å². The Morgan fingerprint density at radius 1 is 1.36 bits per heavy atom. The molecular weight excluding hydrogens is 328 g/mol. The monoisotopic (exact) mass is 344 g/mol. The number of rotatable bonds is 6. The topological polar surface area (TPSA) is 132 Å². The van der Waals surface area contributed by atoms with Crippen LogP contribution < -0.4 is 10.7 Å². The lowest BCUT2D eigenvalue weighted by Gasteiger charge is -2.11. The molecule has 2 N–H and O–H groups in total. The second kappa shape index (κ2) is 8.34. The van der Waals surface area contributed by atoms with Crippen molar-refractivity contribution in [1.29, 1.82) is 0 Å². The van der Waals surface area contributed by atoms with Crippen molar-refractivity contribution in [2.75, 3.05) is 17.3 Å². The molecule has 10 heteroatoms. The fraction of sp³-hybridized carbons (Fsp3) is 0.200. The molecule has 0 radical (unpaired) electrons. The molecule has 0 aliphatic heterocycles. The average Bonchev–Trinajstić information content (AvgIpc) is 2.58. The Labute approximate surface area is 143 Å². The summed E-state index contributed by atoms with van der Waals surface area (Å²) in [5, 5.41) is 17.2. The molecule has 0 fully saturated rings. The largest absolute Gasteiger partial charge is 0.450 e. The van der Waals surface area contributed by atoms with Gasteiger partial charge in [0.2, 0.25) is 0 Å². The number of hydrazone groups is 1. The molecule has 1 aromatic carbocycles. The average molecular weight is 344 g/mol. The fourth-order valence-electron chi connectivity index (χ4n) is 1.83. The number of aromatic nitrogens is 2. The number of carbonyl (C=O) groups is 1. The first-order valence-electron chi connectivity index (χ1n) is 7.30. The first kappa shape index (κ1) is 17.8. The minimum absolute atomic E-state index is 0.00235. The van der Waals surface area contributed by atoms with Gasteiger partial charge in [0.1, 0.15) is 12.0 Å². The highest BCUT2D eigenvalue weighted by atomic mass is 16.6. The molecular formula is C15H16N6O4. The van der Waals surface area contributed by atoms with Crippen molar-refractivity contribution >= 4 is 29.5 Å². The van der Waals surface area contributed by atoms with E-state index in [0.717, 1.165) is 0 Å². The number of aryl methyl sites for hydroxylation is 1. The SMILES string of the molecule is CCOC(=O)Nc1c(C)ncnc1NN=Cc1ccc([N+](=O)[O-])cc1. The molecule has 0 atom stereocenters. The number of nitrogens with zero attached hydrogens (tertiary/aromatic N) is 4. The highest BCUT2D eigenvalue weighted by Gasteiger charge is 2.12. The van der Waals surface area contributed by atoms with E-state index in [9.17, 15) is 14.9 Å². The van der Waals surface area contributed by atoms with Gasteiger partial charge in [0.15, 0.2) is 5.82 Å². The van der Waals surface area contributed by atoms with Gasteiger partial charge in [0.25, 0.3) is 5.69 Å². The van der Waals surface area contributed by atoms with Crippen LogP contribution in [0, 0.1) is 17.0 Å². The standard InChI is InChI=1S/C15H16N6O4/c1-3-25-15(22)19-13-10(2)16-9-17-14(13)20-18-8-11-4-6-12(7-5-11)21(23)24/h4-9H,3H2,1-2H3,(H,19,22)(H,16,17,20). The molecule has 0 saturated heterocycles. The molecule has 10 nitrogen and oxygen atoms in total. The normalized spacial score (nSPS) is 10.5. The molecule has 1 amide bonds. The van der Waals surface area contributed by atoms with Gasteiger partial charge in [-0.25, -0.2) is 14.8 Å². The summed E-state index contributed by atoms with van der Waals surface area (Å²) >= 11 is 0. The van der Waals surface area contributed by atoms with E-state index in [-0.39, 0.29) is 12.3 Å². The third kappa shape index (κ3) is 4.96. The molecule has 0 unspecified atom stereocenters. The number of ether oxygens (including phenoxy) is 1. The van der Waals surface area contributed by atoms with Crippen LogP contribution in [-0.4, -0.2) is 33.8 Å². The van der Waals surface area contributed by atoms with E-state index in [1.165, 1.54) is 24.7 Å². The number of hydrogen-bond donors (Lipinski definition) is 2. The minimum atomic E-state index is -0.622. The fourth-order valence-corrected chi connectivity index (χ4v) is 1.83. The van der Waals surface area contributed by atoms with Crippen LogP contribution in [-0.2, 0) is 4.74 Å². The lowest BCUT2D eigenvalue weighted by Crippen LogP contribution is -2.16. The summed E-state index contributed by atoms with van der Waals surface area (Å²) in [6.07, 6.45) is 2.17. The number of nitrogens with one attached hydrogen (secondary N) is 2. The number of amides is 1. The van der Waals surface area contributed by atoms with Crippen LogP contribution in [0.15, 0.2) is 35.7 Å². The molecule has 0 spiro atoms. The minimum Gasteiger partial charge on any atom is -0.450 e. The van der Waals surface area contributed by atoms with E-state index in [1.807, 2.05) is 0 Å². The Balaban J connectivity index is 2.10. The van der Waals surface area contributed by atoms with E-state index in [1.54, 1.807) is 26.0 Å². The molecule has 0 aliphatic rings. The van der Waals surface area contributed by atoms with Crippen molar-refractivity contribution in [3.63, 3.8) is 0 Å². The van der Waals surface area contributed by atoms with Gasteiger partial charge >= 0.3 is 6.09 Å². The van der Waals surface area contributed by atoms with Crippen LogP contribution >= 0.6 is 0 Å². The number of nitro benzene ring substituents is 1. The Hall–Kier alpha value is -3.56. The van der Waals surface area contributed by atoms with Gasteiger partial charge in [0.05, 0.1) is 23.4 Å².